The van der Waals surface area contributed by atoms with Gasteiger partial charge in [0.25, 0.3) is 0 Å². The lowest BCUT2D eigenvalue weighted by Crippen LogP contribution is -2.35. The molecule has 0 saturated heterocycles. The van der Waals surface area contributed by atoms with Crippen molar-refractivity contribution in [3.63, 3.8) is 0 Å². The summed E-state index contributed by atoms with van der Waals surface area (Å²) in [6.07, 6.45) is 6.81. The van der Waals surface area contributed by atoms with Gasteiger partial charge in [-0.05, 0) is 56.2 Å². The van der Waals surface area contributed by atoms with Crippen molar-refractivity contribution < 1.29 is 0 Å². The Kier molecular flexibility index (Phi) is 4.87. The van der Waals surface area contributed by atoms with Gasteiger partial charge in [0.15, 0.2) is 0 Å². The lowest BCUT2D eigenvalue weighted by Gasteiger charge is -2.36. The Labute approximate surface area is 118 Å². The van der Waals surface area contributed by atoms with Crippen LogP contribution < -0.4 is 10.6 Å². The van der Waals surface area contributed by atoms with Gasteiger partial charge in [-0.15, -0.1) is 0 Å². The van der Waals surface area contributed by atoms with Crippen LogP contribution in [0.25, 0.3) is 0 Å². The molecule has 19 heavy (non-hydrogen) atoms. The Hall–Kier alpha value is -1.02. The van der Waals surface area contributed by atoms with Gasteiger partial charge in [-0.2, -0.15) is 0 Å². The first-order valence-electron chi connectivity index (χ1n) is 7.70. The normalized spacial score (nSPS) is 25.1. The van der Waals surface area contributed by atoms with E-state index in [1.54, 1.807) is 0 Å². The molecule has 1 aliphatic rings. The molecule has 0 radical (unpaired) electrons. The predicted octanol–water partition coefficient (Wildman–Crippen LogP) is 4.11. The van der Waals surface area contributed by atoms with E-state index in [-0.39, 0.29) is 6.04 Å². The third kappa shape index (κ3) is 3.50. The van der Waals surface area contributed by atoms with Gasteiger partial charge < -0.3 is 10.6 Å². The molecule has 1 atom stereocenters. The second-order valence-electron chi connectivity index (χ2n) is 6.07. The number of hydrogen-bond acceptors (Lipinski definition) is 2. The summed E-state index contributed by atoms with van der Waals surface area (Å²) in [5, 5.41) is 0. The topological polar surface area (TPSA) is 29.3 Å². The molecule has 0 aliphatic heterocycles. The maximum Gasteiger partial charge on any atom is 0.0366 e. The quantitative estimate of drug-likeness (QED) is 0.882. The van der Waals surface area contributed by atoms with E-state index in [4.69, 9.17) is 5.73 Å². The lowest BCUT2D eigenvalue weighted by molar-refractivity contribution is 0.313. The van der Waals surface area contributed by atoms with Crippen LogP contribution in [0.1, 0.15) is 57.6 Å². The summed E-state index contributed by atoms with van der Waals surface area (Å²) in [7, 11) is 2.23. The summed E-state index contributed by atoms with van der Waals surface area (Å²) in [6, 6.07) is 9.58. The Morgan fingerprint density at radius 1 is 1.16 bits per heavy atom. The van der Waals surface area contributed by atoms with Crippen LogP contribution in [-0.2, 0) is 0 Å². The third-order valence-corrected chi connectivity index (χ3v) is 4.77. The van der Waals surface area contributed by atoms with Crippen molar-refractivity contribution in [2.24, 2.45) is 11.7 Å². The molecular formula is C17H28N2. The molecular weight excluding hydrogens is 232 g/mol. The number of nitrogens with zero attached hydrogens (tertiary/aromatic N) is 1. The standard InChI is InChI=1S/C17H28N2/c1-4-14-5-9-16(10-6-14)19(3)17-11-7-15(8-12-17)13(2)18/h7-8,11-14,16H,4-6,9-10,18H2,1-3H3. The average Bonchev–Trinajstić information content (AvgIpc) is 2.46. The van der Waals surface area contributed by atoms with Gasteiger partial charge in [0.1, 0.15) is 0 Å². The van der Waals surface area contributed by atoms with E-state index < -0.39 is 0 Å². The Morgan fingerprint density at radius 3 is 2.21 bits per heavy atom. The fourth-order valence-electron chi connectivity index (χ4n) is 3.16. The summed E-state index contributed by atoms with van der Waals surface area (Å²) in [4.78, 5) is 2.46. The van der Waals surface area contributed by atoms with Crippen molar-refractivity contribution in [3.05, 3.63) is 29.8 Å². The molecule has 0 bridgehead atoms. The summed E-state index contributed by atoms with van der Waals surface area (Å²) < 4.78 is 0. The maximum absolute atomic E-state index is 5.90. The van der Waals surface area contributed by atoms with Crippen molar-refractivity contribution in [3.8, 4) is 0 Å². The highest BCUT2D eigenvalue weighted by Gasteiger charge is 2.23. The van der Waals surface area contributed by atoms with E-state index in [1.165, 1.54) is 43.4 Å². The second-order valence-corrected chi connectivity index (χ2v) is 6.07. The van der Waals surface area contributed by atoms with Gasteiger partial charge in [0.05, 0.1) is 0 Å². The molecule has 0 spiro atoms. The lowest BCUT2D eigenvalue weighted by atomic mass is 9.84. The first-order valence-corrected chi connectivity index (χ1v) is 7.70. The summed E-state index contributed by atoms with van der Waals surface area (Å²) >= 11 is 0. The zero-order valence-electron chi connectivity index (χ0n) is 12.6. The molecule has 1 aromatic rings. The van der Waals surface area contributed by atoms with Crippen LogP contribution in [0.3, 0.4) is 0 Å². The van der Waals surface area contributed by atoms with Gasteiger partial charge in [-0.25, -0.2) is 0 Å². The molecule has 1 aromatic carbocycles. The zero-order chi connectivity index (χ0) is 13.8. The molecule has 1 aliphatic carbocycles. The molecule has 1 unspecified atom stereocenters. The molecule has 0 heterocycles. The van der Waals surface area contributed by atoms with E-state index in [0.717, 1.165) is 5.92 Å². The molecule has 1 saturated carbocycles. The highest BCUT2D eigenvalue weighted by Crippen LogP contribution is 2.31. The summed E-state index contributed by atoms with van der Waals surface area (Å²) in [5.74, 6) is 0.963. The van der Waals surface area contributed by atoms with Crippen LogP contribution in [0.4, 0.5) is 5.69 Å². The molecule has 2 nitrogen and oxygen atoms in total. The van der Waals surface area contributed by atoms with Crippen LogP contribution in [-0.4, -0.2) is 13.1 Å². The van der Waals surface area contributed by atoms with Crippen LogP contribution >= 0.6 is 0 Å². The third-order valence-electron chi connectivity index (χ3n) is 4.77. The smallest absolute Gasteiger partial charge is 0.0366 e. The van der Waals surface area contributed by atoms with E-state index in [9.17, 15) is 0 Å². The van der Waals surface area contributed by atoms with E-state index in [1.807, 2.05) is 6.92 Å². The number of hydrogen-bond donors (Lipinski definition) is 1. The van der Waals surface area contributed by atoms with E-state index in [2.05, 4.69) is 43.1 Å². The average molecular weight is 260 g/mol. The van der Waals surface area contributed by atoms with Crippen LogP contribution in [0.2, 0.25) is 0 Å². The fourth-order valence-corrected chi connectivity index (χ4v) is 3.16. The minimum Gasteiger partial charge on any atom is -0.372 e. The SMILES string of the molecule is CCC1CCC(N(C)c2ccc(C(C)N)cc2)CC1. The number of nitrogens with two attached hydrogens (primary N) is 1. The van der Waals surface area contributed by atoms with Gasteiger partial charge >= 0.3 is 0 Å². The second kappa shape index (κ2) is 6.42. The van der Waals surface area contributed by atoms with Gasteiger partial charge in [-0.1, -0.05) is 25.5 Å². The Bertz CT molecular complexity index is 375. The monoisotopic (exact) mass is 260 g/mol. The minimum absolute atomic E-state index is 0.124. The van der Waals surface area contributed by atoms with E-state index in [0.29, 0.717) is 6.04 Å². The predicted molar refractivity (Wildman–Crippen MR) is 83.5 cm³/mol. The Balaban J connectivity index is 1.97. The van der Waals surface area contributed by atoms with Gasteiger partial charge in [0.2, 0.25) is 0 Å². The summed E-state index contributed by atoms with van der Waals surface area (Å²) in [5.41, 5.74) is 8.44. The van der Waals surface area contributed by atoms with Gasteiger partial charge in [-0.3, -0.25) is 0 Å². The molecule has 106 valence electrons. The van der Waals surface area contributed by atoms with Crippen molar-refractivity contribution in [1.29, 1.82) is 0 Å². The Morgan fingerprint density at radius 2 is 1.74 bits per heavy atom. The molecule has 0 aromatic heterocycles. The highest BCUT2D eigenvalue weighted by atomic mass is 15.1. The van der Waals surface area contributed by atoms with E-state index >= 15 is 0 Å². The van der Waals surface area contributed by atoms with Gasteiger partial charge in [0, 0.05) is 24.8 Å². The molecule has 1 fully saturated rings. The first kappa shape index (κ1) is 14.4. The molecule has 2 heteroatoms. The zero-order valence-corrected chi connectivity index (χ0v) is 12.6. The minimum atomic E-state index is 0.124. The molecule has 2 N–H and O–H groups in total. The van der Waals surface area contributed by atoms with Crippen molar-refractivity contribution in [2.75, 3.05) is 11.9 Å². The van der Waals surface area contributed by atoms with Crippen LogP contribution in [0, 0.1) is 5.92 Å². The fraction of sp³-hybridized carbons (Fsp3) is 0.647. The van der Waals surface area contributed by atoms with Crippen molar-refractivity contribution in [1.82, 2.24) is 0 Å². The number of rotatable bonds is 4. The van der Waals surface area contributed by atoms with Crippen LogP contribution in [0.5, 0.6) is 0 Å². The number of benzene rings is 1. The number of anilines is 1. The van der Waals surface area contributed by atoms with Crippen molar-refractivity contribution in [2.45, 2.75) is 58.0 Å². The highest BCUT2D eigenvalue weighted by molar-refractivity contribution is 5.48. The first-order chi connectivity index (χ1) is 9.11. The summed E-state index contributed by atoms with van der Waals surface area (Å²) in [6.45, 7) is 4.35. The van der Waals surface area contributed by atoms with Crippen molar-refractivity contribution >= 4 is 5.69 Å². The maximum atomic E-state index is 5.90. The molecule has 0 amide bonds. The van der Waals surface area contributed by atoms with Crippen LogP contribution in [0.15, 0.2) is 24.3 Å². The molecule has 2 rings (SSSR count). The largest absolute Gasteiger partial charge is 0.372 e.